The predicted molar refractivity (Wildman–Crippen MR) is 106 cm³/mol. The SMILES string of the molecule is COc1ccc(SCC(=O)NN=Cc2ccc(OCC(N)=O)c(Cl)c2)cc1. The molecular formula is C18H18ClN3O4S. The first-order chi connectivity index (χ1) is 13.0. The van der Waals surface area contributed by atoms with Gasteiger partial charge in [0.15, 0.2) is 6.61 Å². The number of carbonyl (C=O) groups excluding carboxylic acids is 2. The van der Waals surface area contributed by atoms with Gasteiger partial charge in [0.1, 0.15) is 11.5 Å². The molecule has 3 N–H and O–H groups in total. The van der Waals surface area contributed by atoms with Crippen LogP contribution in [0.25, 0.3) is 0 Å². The lowest BCUT2D eigenvalue weighted by Crippen LogP contribution is -2.20. The lowest BCUT2D eigenvalue weighted by molar-refractivity contribution is -0.120. The van der Waals surface area contributed by atoms with E-state index in [0.29, 0.717) is 16.3 Å². The summed E-state index contributed by atoms with van der Waals surface area (Å²) in [6, 6.07) is 12.3. The normalized spacial score (nSPS) is 10.6. The van der Waals surface area contributed by atoms with E-state index in [1.165, 1.54) is 18.0 Å². The fraction of sp³-hybridized carbons (Fsp3) is 0.167. The van der Waals surface area contributed by atoms with Crippen LogP contribution in [0, 0.1) is 0 Å². The molecule has 0 aliphatic carbocycles. The number of nitrogens with one attached hydrogen (secondary N) is 1. The van der Waals surface area contributed by atoms with Gasteiger partial charge in [0, 0.05) is 4.90 Å². The maximum Gasteiger partial charge on any atom is 0.255 e. The number of rotatable bonds is 9. The van der Waals surface area contributed by atoms with Gasteiger partial charge < -0.3 is 15.2 Å². The van der Waals surface area contributed by atoms with E-state index in [0.717, 1.165) is 10.6 Å². The van der Waals surface area contributed by atoms with Crippen LogP contribution in [0.5, 0.6) is 11.5 Å². The number of thioether (sulfide) groups is 1. The molecule has 2 amide bonds. The van der Waals surface area contributed by atoms with Crippen molar-refractivity contribution in [2.24, 2.45) is 10.8 Å². The van der Waals surface area contributed by atoms with Crippen molar-refractivity contribution in [3.05, 3.63) is 53.1 Å². The number of amides is 2. The van der Waals surface area contributed by atoms with Crippen LogP contribution in [0.4, 0.5) is 0 Å². The van der Waals surface area contributed by atoms with Crippen LogP contribution in [-0.4, -0.2) is 37.5 Å². The third kappa shape index (κ3) is 7.20. The molecule has 0 saturated carbocycles. The number of ether oxygens (including phenoxy) is 2. The molecular weight excluding hydrogens is 390 g/mol. The Hall–Kier alpha value is -2.71. The van der Waals surface area contributed by atoms with Crippen molar-refractivity contribution in [1.82, 2.24) is 5.43 Å². The molecule has 27 heavy (non-hydrogen) atoms. The van der Waals surface area contributed by atoms with E-state index in [9.17, 15) is 9.59 Å². The Bertz CT molecular complexity index is 828. The van der Waals surface area contributed by atoms with Gasteiger partial charge in [-0.05, 0) is 48.0 Å². The van der Waals surface area contributed by atoms with Crippen LogP contribution >= 0.6 is 23.4 Å². The maximum absolute atomic E-state index is 11.8. The second-order valence-corrected chi connectivity index (χ2v) is 6.66. The Labute approximate surface area is 165 Å². The molecule has 7 nitrogen and oxygen atoms in total. The summed E-state index contributed by atoms with van der Waals surface area (Å²) in [4.78, 5) is 23.5. The molecule has 2 rings (SSSR count). The monoisotopic (exact) mass is 407 g/mol. The zero-order valence-corrected chi connectivity index (χ0v) is 16.0. The number of benzene rings is 2. The average Bonchev–Trinajstić information content (AvgIpc) is 2.66. The summed E-state index contributed by atoms with van der Waals surface area (Å²) in [5.74, 6) is 0.502. The molecule has 0 atom stereocenters. The summed E-state index contributed by atoms with van der Waals surface area (Å²) in [5, 5.41) is 4.20. The topological polar surface area (TPSA) is 103 Å². The quantitative estimate of drug-likeness (QED) is 0.377. The van der Waals surface area contributed by atoms with Crippen LogP contribution in [0.2, 0.25) is 5.02 Å². The van der Waals surface area contributed by atoms with Crippen LogP contribution in [-0.2, 0) is 9.59 Å². The largest absolute Gasteiger partial charge is 0.497 e. The van der Waals surface area contributed by atoms with Gasteiger partial charge in [-0.3, -0.25) is 9.59 Å². The van der Waals surface area contributed by atoms with Crippen molar-refractivity contribution in [3.63, 3.8) is 0 Å². The van der Waals surface area contributed by atoms with Gasteiger partial charge in [-0.2, -0.15) is 5.10 Å². The van der Waals surface area contributed by atoms with Gasteiger partial charge in [0.2, 0.25) is 5.91 Å². The molecule has 0 unspecified atom stereocenters. The lowest BCUT2D eigenvalue weighted by atomic mass is 10.2. The molecule has 0 fully saturated rings. The molecule has 9 heteroatoms. The van der Waals surface area contributed by atoms with Crippen molar-refractivity contribution >= 4 is 41.4 Å². The number of nitrogens with zero attached hydrogens (tertiary/aromatic N) is 1. The third-order valence-corrected chi connectivity index (χ3v) is 4.47. The average molecular weight is 408 g/mol. The minimum absolute atomic E-state index is 0.227. The molecule has 0 heterocycles. The standard InChI is InChI=1S/C18H18ClN3O4S/c1-25-13-3-5-14(6-4-13)27-11-18(24)22-21-9-12-2-7-16(15(19)8-12)26-10-17(20)23/h2-9H,10-11H2,1H3,(H2,20,23)(H,22,24). The van der Waals surface area contributed by atoms with Gasteiger partial charge in [-0.15, -0.1) is 11.8 Å². The summed E-state index contributed by atoms with van der Waals surface area (Å²) in [7, 11) is 1.60. The summed E-state index contributed by atoms with van der Waals surface area (Å²) < 4.78 is 10.2. The van der Waals surface area contributed by atoms with Crippen molar-refractivity contribution in [2.75, 3.05) is 19.5 Å². The van der Waals surface area contributed by atoms with E-state index in [-0.39, 0.29) is 18.3 Å². The van der Waals surface area contributed by atoms with Gasteiger partial charge in [-0.1, -0.05) is 11.6 Å². The molecule has 142 valence electrons. The van der Waals surface area contributed by atoms with E-state index in [4.69, 9.17) is 26.8 Å². The van der Waals surface area contributed by atoms with Crippen LogP contribution in [0.1, 0.15) is 5.56 Å². The predicted octanol–water partition coefficient (Wildman–Crippen LogP) is 2.46. The number of methoxy groups -OCH3 is 1. The van der Waals surface area contributed by atoms with Crippen molar-refractivity contribution < 1.29 is 19.1 Å². The fourth-order valence-electron chi connectivity index (χ4n) is 1.90. The third-order valence-electron chi connectivity index (χ3n) is 3.16. The Morgan fingerprint density at radius 2 is 2.00 bits per heavy atom. The fourth-order valence-corrected chi connectivity index (χ4v) is 2.83. The summed E-state index contributed by atoms with van der Waals surface area (Å²) >= 11 is 7.44. The van der Waals surface area contributed by atoms with Gasteiger partial charge >= 0.3 is 0 Å². The molecule has 0 aliphatic heterocycles. The molecule has 0 radical (unpaired) electrons. The molecule has 0 saturated heterocycles. The lowest BCUT2D eigenvalue weighted by Gasteiger charge is -2.06. The number of nitrogens with two attached hydrogens (primary N) is 1. The Morgan fingerprint density at radius 1 is 1.26 bits per heavy atom. The van der Waals surface area contributed by atoms with Crippen molar-refractivity contribution in [2.45, 2.75) is 4.90 Å². The highest BCUT2D eigenvalue weighted by molar-refractivity contribution is 8.00. The number of hydrogen-bond donors (Lipinski definition) is 2. The van der Waals surface area contributed by atoms with E-state index in [2.05, 4.69) is 10.5 Å². The number of carbonyl (C=O) groups is 2. The smallest absolute Gasteiger partial charge is 0.255 e. The minimum Gasteiger partial charge on any atom is -0.497 e. The van der Waals surface area contributed by atoms with Crippen molar-refractivity contribution in [1.29, 1.82) is 0 Å². The second kappa shape index (κ2) is 10.4. The highest BCUT2D eigenvalue weighted by Crippen LogP contribution is 2.25. The van der Waals surface area contributed by atoms with E-state index < -0.39 is 5.91 Å². The highest BCUT2D eigenvalue weighted by atomic mass is 35.5. The summed E-state index contributed by atoms with van der Waals surface area (Å²) in [6.45, 7) is -0.255. The zero-order valence-electron chi connectivity index (χ0n) is 14.5. The molecule has 2 aromatic carbocycles. The molecule has 0 bridgehead atoms. The Morgan fingerprint density at radius 3 is 2.63 bits per heavy atom. The summed E-state index contributed by atoms with van der Waals surface area (Å²) in [6.07, 6.45) is 1.46. The van der Waals surface area contributed by atoms with Gasteiger partial charge in [0.25, 0.3) is 5.91 Å². The van der Waals surface area contributed by atoms with Crippen LogP contribution in [0.15, 0.2) is 52.5 Å². The Kier molecular flexibility index (Phi) is 7.97. The van der Waals surface area contributed by atoms with Crippen LogP contribution < -0.4 is 20.6 Å². The number of hydrazone groups is 1. The van der Waals surface area contributed by atoms with Gasteiger partial charge in [-0.25, -0.2) is 5.43 Å². The number of primary amides is 1. The number of halogens is 1. The second-order valence-electron chi connectivity index (χ2n) is 5.20. The summed E-state index contributed by atoms with van der Waals surface area (Å²) in [5.41, 5.74) is 8.12. The molecule has 0 aliphatic rings. The minimum atomic E-state index is -0.591. The van der Waals surface area contributed by atoms with Crippen molar-refractivity contribution in [3.8, 4) is 11.5 Å². The van der Waals surface area contributed by atoms with E-state index >= 15 is 0 Å². The molecule has 0 spiro atoms. The van der Waals surface area contributed by atoms with E-state index in [1.807, 2.05) is 24.3 Å². The number of hydrogen-bond acceptors (Lipinski definition) is 6. The maximum atomic E-state index is 11.8. The van der Waals surface area contributed by atoms with Gasteiger partial charge in [0.05, 0.1) is 24.1 Å². The first-order valence-electron chi connectivity index (χ1n) is 7.77. The molecule has 2 aromatic rings. The zero-order chi connectivity index (χ0) is 19.6. The first kappa shape index (κ1) is 20.6. The first-order valence-corrected chi connectivity index (χ1v) is 9.13. The highest BCUT2D eigenvalue weighted by Gasteiger charge is 2.05. The van der Waals surface area contributed by atoms with Crippen LogP contribution in [0.3, 0.4) is 0 Å². The molecule has 0 aromatic heterocycles. The van der Waals surface area contributed by atoms with E-state index in [1.54, 1.807) is 25.3 Å². The Balaban J connectivity index is 1.80.